The first-order valence-electron chi connectivity index (χ1n) is 6.61. The number of benzene rings is 1. The number of nitrogens with zero attached hydrogens (tertiary/aromatic N) is 2. The summed E-state index contributed by atoms with van der Waals surface area (Å²) in [4.78, 5) is 31.0. The Balaban J connectivity index is 1.97. The first-order chi connectivity index (χ1) is 11.3. The molecule has 0 bridgehead atoms. The van der Waals surface area contributed by atoms with Gasteiger partial charge in [0.05, 0.1) is 4.90 Å². The molecule has 10 heteroatoms. The number of nitrogen functional groups attached to an aromatic ring is 1. The van der Waals surface area contributed by atoms with E-state index >= 15 is 0 Å². The van der Waals surface area contributed by atoms with Gasteiger partial charge in [0.25, 0.3) is 5.91 Å². The number of nitrogens with two attached hydrogens (primary N) is 1. The molecule has 0 saturated carbocycles. The van der Waals surface area contributed by atoms with E-state index in [1.165, 1.54) is 36.7 Å². The van der Waals surface area contributed by atoms with Crippen molar-refractivity contribution < 1.29 is 22.7 Å². The van der Waals surface area contributed by atoms with Gasteiger partial charge in [0.15, 0.2) is 28.0 Å². The predicted octanol–water partition coefficient (Wildman–Crippen LogP) is 0.258. The largest absolute Gasteiger partial charge is 0.451 e. The van der Waals surface area contributed by atoms with Crippen LogP contribution >= 0.6 is 0 Å². The number of amides is 1. The van der Waals surface area contributed by atoms with E-state index in [0.717, 1.165) is 6.26 Å². The minimum atomic E-state index is -3.39. The molecule has 2 aromatic rings. The summed E-state index contributed by atoms with van der Waals surface area (Å²) >= 11 is 0. The zero-order valence-corrected chi connectivity index (χ0v) is 13.4. The molecule has 1 aromatic heterocycles. The van der Waals surface area contributed by atoms with Gasteiger partial charge in [0.1, 0.15) is 0 Å². The van der Waals surface area contributed by atoms with E-state index in [0.29, 0.717) is 0 Å². The van der Waals surface area contributed by atoms with Crippen LogP contribution in [0.5, 0.6) is 0 Å². The van der Waals surface area contributed by atoms with Crippen molar-refractivity contribution in [3.8, 4) is 0 Å². The topological polar surface area (TPSA) is 141 Å². The highest BCUT2D eigenvalue weighted by atomic mass is 32.2. The number of rotatable bonds is 5. The van der Waals surface area contributed by atoms with E-state index in [1.54, 1.807) is 0 Å². The number of aromatic nitrogens is 2. The molecule has 0 saturated heterocycles. The van der Waals surface area contributed by atoms with Gasteiger partial charge in [-0.3, -0.25) is 4.79 Å². The van der Waals surface area contributed by atoms with Crippen LogP contribution in [0.1, 0.15) is 10.5 Å². The summed E-state index contributed by atoms with van der Waals surface area (Å²) in [7, 11) is -3.39. The van der Waals surface area contributed by atoms with Crippen LogP contribution in [0.3, 0.4) is 0 Å². The molecule has 0 unspecified atom stereocenters. The number of ether oxygens (including phenoxy) is 1. The van der Waals surface area contributed by atoms with Crippen molar-refractivity contribution >= 4 is 33.2 Å². The van der Waals surface area contributed by atoms with E-state index < -0.39 is 28.3 Å². The Morgan fingerprint density at radius 1 is 1.25 bits per heavy atom. The second-order valence-electron chi connectivity index (χ2n) is 4.71. The van der Waals surface area contributed by atoms with E-state index in [4.69, 9.17) is 10.5 Å². The van der Waals surface area contributed by atoms with Crippen LogP contribution in [0.15, 0.2) is 41.6 Å². The third-order valence-corrected chi connectivity index (χ3v) is 3.91. The maximum atomic E-state index is 11.8. The lowest BCUT2D eigenvalue weighted by atomic mass is 10.3. The fraction of sp³-hybridized carbons (Fsp3) is 0.143. The predicted molar refractivity (Wildman–Crippen MR) is 84.9 cm³/mol. The monoisotopic (exact) mass is 350 g/mol. The van der Waals surface area contributed by atoms with Crippen molar-refractivity contribution in [2.24, 2.45) is 0 Å². The van der Waals surface area contributed by atoms with E-state index in [-0.39, 0.29) is 22.1 Å². The Kier molecular flexibility index (Phi) is 5.09. The lowest BCUT2D eigenvalue weighted by Gasteiger charge is -2.08. The van der Waals surface area contributed by atoms with Crippen LogP contribution in [0, 0.1) is 0 Å². The smallest absolute Gasteiger partial charge is 0.361 e. The molecule has 1 heterocycles. The standard InChI is InChI=1S/C14H14N4O5S/c1-24(21,22)10-4-2-3-9(7-10)18-11(19)8-23-14(20)12-13(15)17-6-5-16-12/h2-7H,8H2,1H3,(H2,15,17)(H,18,19). The van der Waals surface area contributed by atoms with Crippen LogP contribution in [0.4, 0.5) is 11.5 Å². The zero-order chi connectivity index (χ0) is 17.7. The number of hydrogen-bond acceptors (Lipinski definition) is 8. The molecule has 1 amide bonds. The van der Waals surface area contributed by atoms with E-state index in [9.17, 15) is 18.0 Å². The van der Waals surface area contributed by atoms with Crippen molar-refractivity contribution in [3.63, 3.8) is 0 Å². The SMILES string of the molecule is CS(=O)(=O)c1cccc(NC(=O)COC(=O)c2nccnc2N)c1. The Bertz CT molecular complexity index is 882. The molecule has 0 fully saturated rings. The van der Waals surface area contributed by atoms with Crippen molar-refractivity contribution in [1.82, 2.24) is 9.97 Å². The Labute approximate surface area is 137 Å². The van der Waals surface area contributed by atoms with Gasteiger partial charge in [-0.05, 0) is 18.2 Å². The number of nitrogens with one attached hydrogen (secondary N) is 1. The number of hydrogen-bond donors (Lipinski definition) is 2. The molecule has 9 nitrogen and oxygen atoms in total. The van der Waals surface area contributed by atoms with E-state index in [1.807, 2.05) is 0 Å². The van der Waals surface area contributed by atoms with Crippen LogP contribution in [-0.4, -0.2) is 43.1 Å². The van der Waals surface area contributed by atoms with Crippen LogP contribution in [0.25, 0.3) is 0 Å². The fourth-order valence-electron chi connectivity index (χ4n) is 1.71. The normalized spacial score (nSPS) is 10.9. The van der Waals surface area contributed by atoms with Gasteiger partial charge in [-0.2, -0.15) is 0 Å². The summed E-state index contributed by atoms with van der Waals surface area (Å²) in [5.74, 6) is -1.64. The molecule has 0 spiro atoms. The summed E-state index contributed by atoms with van der Waals surface area (Å²) in [6.45, 7) is -0.585. The number of sulfone groups is 1. The Hall–Kier alpha value is -3.01. The molecular formula is C14H14N4O5S. The molecule has 0 aliphatic carbocycles. The molecule has 24 heavy (non-hydrogen) atoms. The summed E-state index contributed by atoms with van der Waals surface area (Å²) in [5, 5.41) is 2.43. The van der Waals surface area contributed by atoms with Gasteiger partial charge in [-0.25, -0.2) is 23.2 Å². The summed E-state index contributed by atoms with van der Waals surface area (Å²) in [6.07, 6.45) is 3.64. The van der Waals surface area contributed by atoms with Crippen molar-refractivity contribution in [2.45, 2.75) is 4.90 Å². The number of carbonyl (C=O) groups excluding carboxylic acids is 2. The third kappa shape index (κ3) is 4.49. The van der Waals surface area contributed by atoms with Crippen molar-refractivity contribution in [1.29, 1.82) is 0 Å². The molecule has 0 aliphatic heterocycles. The Morgan fingerprint density at radius 3 is 2.62 bits per heavy atom. The number of esters is 1. The minimum absolute atomic E-state index is 0.0598. The molecule has 1 aromatic carbocycles. The number of anilines is 2. The second kappa shape index (κ2) is 7.04. The zero-order valence-electron chi connectivity index (χ0n) is 12.6. The van der Waals surface area contributed by atoms with Gasteiger partial charge in [-0.15, -0.1) is 0 Å². The lowest BCUT2D eigenvalue weighted by molar-refractivity contribution is -0.119. The molecule has 0 atom stereocenters. The highest BCUT2D eigenvalue weighted by Gasteiger charge is 2.16. The molecule has 0 aliphatic rings. The Morgan fingerprint density at radius 2 is 1.96 bits per heavy atom. The lowest BCUT2D eigenvalue weighted by Crippen LogP contribution is -2.22. The van der Waals surface area contributed by atoms with Crippen LogP contribution in [-0.2, 0) is 19.4 Å². The molecule has 0 radical (unpaired) electrons. The summed E-state index contributed by atoms with van der Waals surface area (Å²) in [6, 6.07) is 5.70. The van der Waals surface area contributed by atoms with Gasteiger partial charge in [0, 0.05) is 24.3 Å². The fourth-order valence-corrected chi connectivity index (χ4v) is 2.37. The molecule has 2 rings (SSSR count). The second-order valence-corrected chi connectivity index (χ2v) is 6.73. The molecule has 3 N–H and O–H groups in total. The highest BCUT2D eigenvalue weighted by molar-refractivity contribution is 7.90. The summed E-state index contributed by atoms with van der Waals surface area (Å²) < 4.78 is 27.7. The van der Waals surface area contributed by atoms with Crippen molar-refractivity contribution in [2.75, 3.05) is 23.9 Å². The average molecular weight is 350 g/mol. The maximum Gasteiger partial charge on any atom is 0.361 e. The van der Waals surface area contributed by atoms with Gasteiger partial charge in [-0.1, -0.05) is 6.07 Å². The maximum absolute atomic E-state index is 11.8. The number of carbonyl (C=O) groups is 2. The minimum Gasteiger partial charge on any atom is -0.451 e. The van der Waals surface area contributed by atoms with Crippen molar-refractivity contribution in [3.05, 3.63) is 42.4 Å². The highest BCUT2D eigenvalue weighted by Crippen LogP contribution is 2.15. The average Bonchev–Trinajstić information content (AvgIpc) is 2.52. The first kappa shape index (κ1) is 17.3. The van der Waals surface area contributed by atoms with Gasteiger partial charge in [0.2, 0.25) is 0 Å². The van der Waals surface area contributed by atoms with Gasteiger partial charge < -0.3 is 15.8 Å². The van der Waals surface area contributed by atoms with E-state index in [2.05, 4.69) is 15.3 Å². The van der Waals surface area contributed by atoms with Gasteiger partial charge >= 0.3 is 5.97 Å². The quantitative estimate of drug-likeness (QED) is 0.731. The molecule has 126 valence electrons. The van der Waals surface area contributed by atoms with Crippen LogP contribution in [0.2, 0.25) is 0 Å². The first-order valence-corrected chi connectivity index (χ1v) is 8.50. The third-order valence-electron chi connectivity index (χ3n) is 2.80. The van der Waals surface area contributed by atoms with Crippen LogP contribution < -0.4 is 11.1 Å². The molecular weight excluding hydrogens is 336 g/mol. The summed E-state index contributed by atoms with van der Waals surface area (Å²) in [5.41, 5.74) is 5.55.